The van der Waals surface area contributed by atoms with Crippen LogP contribution in [0, 0.1) is 0 Å². The fourth-order valence-corrected chi connectivity index (χ4v) is 0. The Balaban J connectivity index is -0.00000000500. The first-order valence-corrected chi connectivity index (χ1v) is 0.532. The minimum atomic E-state index is 0. The summed E-state index contributed by atoms with van der Waals surface area (Å²) >= 11 is 2.62. The van der Waals surface area contributed by atoms with Crippen LogP contribution in [0.2, 0.25) is 0 Å². The van der Waals surface area contributed by atoms with Crippen molar-refractivity contribution in [3.8, 4) is 0 Å². The van der Waals surface area contributed by atoms with Gasteiger partial charge in [-0.2, -0.15) is 0 Å². The average molecular weight is 115 g/mol. The maximum absolute atomic E-state index is 7.88. The third-order valence-corrected chi connectivity index (χ3v) is 0. The quantitative estimate of drug-likeness (QED) is 0.411. The van der Waals surface area contributed by atoms with E-state index in [-0.39, 0.29) is 9.41 Å². The molecule has 0 saturated carbocycles. The summed E-state index contributed by atoms with van der Waals surface area (Å²) in [6.07, 6.45) is 0. The van der Waals surface area contributed by atoms with Crippen LogP contribution in [0.3, 0.4) is 0 Å². The Hall–Kier alpha value is 0.154. The molecule has 0 N–H and O–H groups in total. The SMILES string of the molecule is F.F.[O]=[Ni]. The average Bonchev–Trinajstić information content (AvgIpc) is 1.00. The van der Waals surface area contributed by atoms with Gasteiger partial charge >= 0.3 is 19.3 Å². The van der Waals surface area contributed by atoms with Gasteiger partial charge in [0.15, 0.2) is 0 Å². The molecule has 0 bridgehead atoms. The van der Waals surface area contributed by atoms with E-state index in [0.29, 0.717) is 0 Å². The molecule has 0 aromatic heterocycles. The van der Waals surface area contributed by atoms with Gasteiger partial charge in [0, 0.05) is 0 Å². The van der Waals surface area contributed by atoms with Crippen LogP contribution in [0.4, 0.5) is 9.41 Å². The van der Waals surface area contributed by atoms with Crippen molar-refractivity contribution in [2.45, 2.75) is 0 Å². The first kappa shape index (κ1) is 31.0. The first-order chi connectivity index (χ1) is 1.00. The molecule has 0 rings (SSSR count). The van der Waals surface area contributed by atoms with Crippen molar-refractivity contribution >= 4 is 0 Å². The van der Waals surface area contributed by atoms with E-state index in [9.17, 15) is 0 Å². The number of hydrogen-bond acceptors (Lipinski definition) is 1. The first-order valence-electron chi connectivity index (χ1n) is 0.129. The Labute approximate surface area is 29.7 Å². The maximum atomic E-state index is 7.88. The van der Waals surface area contributed by atoms with E-state index in [1.54, 1.807) is 0 Å². The van der Waals surface area contributed by atoms with Crippen molar-refractivity contribution in [3.63, 3.8) is 0 Å². The summed E-state index contributed by atoms with van der Waals surface area (Å²) in [4.78, 5) is 0. The van der Waals surface area contributed by atoms with Gasteiger partial charge in [-0.25, -0.2) is 0 Å². The molecule has 0 amide bonds. The summed E-state index contributed by atoms with van der Waals surface area (Å²) in [6.45, 7) is 0. The molecule has 0 heterocycles. The molecule has 0 aliphatic rings. The van der Waals surface area contributed by atoms with E-state index < -0.39 is 0 Å². The molecule has 32 valence electrons. The second-order valence-electron chi connectivity index (χ2n) is 0. The number of rotatable bonds is 0. The van der Waals surface area contributed by atoms with Crippen molar-refractivity contribution in [2.24, 2.45) is 0 Å². The fraction of sp³-hybridized carbons (Fsp3) is 0. The van der Waals surface area contributed by atoms with E-state index in [2.05, 4.69) is 15.4 Å². The molecule has 0 aromatic carbocycles. The Morgan fingerprint density at radius 3 is 1.00 bits per heavy atom. The van der Waals surface area contributed by atoms with E-state index in [4.69, 9.17) is 3.90 Å². The summed E-state index contributed by atoms with van der Waals surface area (Å²) in [6, 6.07) is 0. The monoisotopic (exact) mass is 114 g/mol. The summed E-state index contributed by atoms with van der Waals surface area (Å²) in [5.74, 6) is 0. The van der Waals surface area contributed by atoms with Crippen LogP contribution in [0.5, 0.6) is 0 Å². The van der Waals surface area contributed by atoms with Gasteiger partial charge in [0.2, 0.25) is 0 Å². The summed E-state index contributed by atoms with van der Waals surface area (Å²) in [7, 11) is 0. The molecule has 1 nitrogen and oxygen atoms in total. The molecular formula is H2F2NiO. The fourth-order valence-electron chi connectivity index (χ4n) is 0. The predicted molar refractivity (Wildman–Crippen MR) is 5.69 cm³/mol. The molecule has 0 atom stereocenters. The summed E-state index contributed by atoms with van der Waals surface area (Å²) in [5.41, 5.74) is 0. The van der Waals surface area contributed by atoms with Crippen molar-refractivity contribution in [1.82, 2.24) is 0 Å². The molecule has 0 aliphatic carbocycles. The van der Waals surface area contributed by atoms with Crippen LogP contribution >= 0.6 is 0 Å². The Morgan fingerprint density at radius 2 is 1.00 bits per heavy atom. The zero-order valence-corrected chi connectivity index (χ0v) is 2.53. The summed E-state index contributed by atoms with van der Waals surface area (Å²) in [5, 5.41) is 0. The van der Waals surface area contributed by atoms with Gasteiger partial charge in [0.05, 0.1) is 0 Å². The standard InChI is InChI=1S/2FH.Ni.O/h2*1H;;. The van der Waals surface area contributed by atoms with Crippen LogP contribution < -0.4 is 0 Å². The second-order valence-corrected chi connectivity index (χ2v) is 0. The molecule has 0 aliphatic heterocycles. The molecule has 0 fully saturated rings. The van der Waals surface area contributed by atoms with Crippen molar-refractivity contribution in [2.75, 3.05) is 0 Å². The predicted octanol–water partition coefficient (Wildman–Crippen LogP) is 0.184. The van der Waals surface area contributed by atoms with E-state index >= 15 is 0 Å². The van der Waals surface area contributed by atoms with Gasteiger partial charge in [-0.05, 0) is 0 Å². The third-order valence-electron chi connectivity index (χ3n) is 0. The topological polar surface area (TPSA) is 17.1 Å². The Morgan fingerprint density at radius 1 is 1.00 bits per heavy atom. The molecule has 4 heavy (non-hydrogen) atoms. The number of halogens is 2. The molecule has 0 unspecified atom stereocenters. The van der Waals surface area contributed by atoms with Gasteiger partial charge in [-0.15, -0.1) is 0 Å². The van der Waals surface area contributed by atoms with Crippen molar-refractivity contribution < 1.29 is 28.7 Å². The zero-order chi connectivity index (χ0) is 2.00. The van der Waals surface area contributed by atoms with Crippen molar-refractivity contribution in [3.05, 3.63) is 0 Å². The minimum absolute atomic E-state index is 0. The number of hydrogen-bond donors (Lipinski definition) is 0. The second kappa shape index (κ2) is 621. The van der Waals surface area contributed by atoms with Gasteiger partial charge in [-0.1, -0.05) is 0 Å². The molecule has 0 saturated heterocycles. The van der Waals surface area contributed by atoms with E-state index in [1.165, 1.54) is 0 Å². The molecule has 4 heteroatoms. The van der Waals surface area contributed by atoms with Gasteiger partial charge in [0.1, 0.15) is 0 Å². The van der Waals surface area contributed by atoms with E-state index in [1.807, 2.05) is 0 Å². The Kier molecular flexibility index (Phi) is 4820. The zero-order valence-electron chi connectivity index (χ0n) is 1.54. The molecular weight excluding hydrogens is 113 g/mol. The van der Waals surface area contributed by atoms with E-state index in [0.717, 1.165) is 0 Å². The normalized spacial score (nSPS) is 1.50. The molecule has 0 radical (unpaired) electrons. The van der Waals surface area contributed by atoms with Crippen molar-refractivity contribution in [1.29, 1.82) is 0 Å². The molecule has 0 aromatic rings. The third kappa shape index (κ3) is 122. The van der Waals surface area contributed by atoms with Gasteiger partial charge in [-0.3, -0.25) is 9.41 Å². The summed E-state index contributed by atoms with van der Waals surface area (Å²) < 4.78 is 7.88. The van der Waals surface area contributed by atoms with Crippen LogP contribution in [0.15, 0.2) is 0 Å². The van der Waals surface area contributed by atoms with Gasteiger partial charge in [0.25, 0.3) is 0 Å². The van der Waals surface area contributed by atoms with Crippen LogP contribution in [-0.4, -0.2) is 0 Å². The van der Waals surface area contributed by atoms with Crippen LogP contribution in [0.25, 0.3) is 0 Å². The van der Waals surface area contributed by atoms with Gasteiger partial charge < -0.3 is 0 Å². The van der Waals surface area contributed by atoms with Crippen LogP contribution in [0.1, 0.15) is 0 Å². The molecule has 0 spiro atoms. The Bertz CT molecular complexity index is 6.00. The van der Waals surface area contributed by atoms with Crippen LogP contribution in [-0.2, 0) is 19.3 Å².